The lowest BCUT2D eigenvalue weighted by atomic mass is 9.87. The van der Waals surface area contributed by atoms with Crippen LogP contribution in [0.2, 0.25) is 0 Å². The maximum atomic E-state index is 12.9. The van der Waals surface area contributed by atoms with Crippen LogP contribution in [0.15, 0.2) is 0 Å². The molecule has 0 saturated heterocycles. The molecule has 0 bridgehead atoms. The summed E-state index contributed by atoms with van der Waals surface area (Å²) < 4.78 is 0. The number of hydrogen-bond acceptors (Lipinski definition) is 3. The number of hydrogen-bond donors (Lipinski definition) is 1. The van der Waals surface area contributed by atoms with Crippen molar-refractivity contribution < 1.29 is 9.59 Å². The van der Waals surface area contributed by atoms with Gasteiger partial charge in [-0.15, -0.1) is 0 Å². The van der Waals surface area contributed by atoms with Gasteiger partial charge in [-0.1, -0.05) is 44.9 Å². The van der Waals surface area contributed by atoms with Gasteiger partial charge < -0.3 is 10.6 Å². The first-order chi connectivity index (χ1) is 12.0. The van der Waals surface area contributed by atoms with Crippen molar-refractivity contribution in [1.82, 2.24) is 9.80 Å². The van der Waals surface area contributed by atoms with Crippen LogP contribution in [0.5, 0.6) is 0 Å². The monoisotopic (exact) mass is 351 g/mol. The standard InChI is InChI=1S/C20H37N3O2/c1-16(2)23(18-10-6-7-11-18)20(25)15-22(14-19(21)24)13-12-17-8-4-3-5-9-17/h16-18H,3-15H2,1-2H3,(H2,21,24). The number of primary amides is 1. The van der Waals surface area contributed by atoms with Crippen molar-refractivity contribution in [1.29, 1.82) is 0 Å². The van der Waals surface area contributed by atoms with Crippen molar-refractivity contribution in [3.05, 3.63) is 0 Å². The van der Waals surface area contributed by atoms with Gasteiger partial charge >= 0.3 is 0 Å². The average molecular weight is 352 g/mol. The molecule has 0 spiro atoms. The molecule has 2 aliphatic rings. The number of carbonyl (C=O) groups is 2. The molecule has 5 nitrogen and oxygen atoms in total. The Kier molecular flexibility index (Phi) is 8.20. The molecule has 25 heavy (non-hydrogen) atoms. The maximum Gasteiger partial charge on any atom is 0.237 e. The Morgan fingerprint density at radius 1 is 0.960 bits per heavy atom. The zero-order valence-corrected chi connectivity index (χ0v) is 16.2. The van der Waals surface area contributed by atoms with Gasteiger partial charge in [0.05, 0.1) is 13.1 Å². The lowest BCUT2D eigenvalue weighted by Gasteiger charge is -2.35. The van der Waals surface area contributed by atoms with Crippen LogP contribution in [0.25, 0.3) is 0 Å². The van der Waals surface area contributed by atoms with E-state index < -0.39 is 0 Å². The first-order valence-electron chi connectivity index (χ1n) is 10.3. The van der Waals surface area contributed by atoms with Crippen molar-refractivity contribution >= 4 is 11.8 Å². The lowest BCUT2D eigenvalue weighted by Crippen LogP contribution is -2.49. The molecule has 2 N–H and O–H groups in total. The van der Waals surface area contributed by atoms with Crippen molar-refractivity contribution in [2.45, 2.75) is 90.1 Å². The lowest BCUT2D eigenvalue weighted by molar-refractivity contribution is -0.137. The quantitative estimate of drug-likeness (QED) is 0.694. The van der Waals surface area contributed by atoms with E-state index >= 15 is 0 Å². The zero-order chi connectivity index (χ0) is 18.2. The molecule has 0 radical (unpaired) electrons. The number of amides is 2. The molecule has 0 aromatic rings. The van der Waals surface area contributed by atoms with E-state index in [0.717, 1.165) is 31.7 Å². The Balaban J connectivity index is 1.91. The summed E-state index contributed by atoms with van der Waals surface area (Å²) in [5.74, 6) is 0.565. The smallest absolute Gasteiger partial charge is 0.237 e. The van der Waals surface area contributed by atoms with Crippen molar-refractivity contribution in [3.8, 4) is 0 Å². The first-order valence-corrected chi connectivity index (χ1v) is 10.3. The normalized spacial score (nSPS) is 19.7. The Bertz CT molecular complexity index is 427. The SMILES string of the molecule is CC(C)N(C(=O)CN(CCC1CCCCC1)CC(N)=O)C1CCCC1. The number of carbonyl (C=O) groups excluding carboxylic acids is 2. The van der Waals surface area contributed by atoms with Gasteiger partial charge in [-0.2, -0.15) is 0 Å². The van der Waals surface area contributed by atoms with E-state index in [1.807, 2.05) is 4.90 Å². The predicted molar refractivity (Wildman–Crippen MR) is 101 cm³/mol. The van der Waals surface area contributed by atoms with E-state index in [4.69, 9.17) is 5.73 Å². The van der Waals surface area contributed by atoms with E-state index in [9.17, 15) is 9.59 Å². The van der Waals surface area contributed by atoms with Gasteiger partial charge in [0.25, 0.3) is 0 Å². The summed E-state index contributed by atoms with van der Waals surface area (Å²) in [5.41, 5.74) is 5.43. The third-order valence-corrected chi connectivity index (χ3v) is 5.88. The van der Waals surface area contributed by atoms with Crippen molar-refractivity contribution in [2.24, 2.45) is 11.7 Å². The fourth-order valence-corrected chi connectivity index (χ4v) is 4.64. The molecule has 2 amide bonds. The van der Waals surface area contributed by atoms with Gasteiger partial charge in [0.1, 0.15) is 0 Å². The van der Waals surface area contributed by atoms with Crippen molar-refractivity contribution in [3.63, 3.8) is 0 Å². The molecule has 2 rings (SSSR count). The second-order valence-corrected chi connectivity index (χ2v) is 8.30. The van der Waals surface area contributed by atoms with Gasteiger partial charge in [0.2, 0.25) is 11.8 Å². The van der Waals surface area contributed by atoms with E-state index in [1.54, 1.807) is 0 Å². The highest BCUT2D eigenvalue weighted by atomic mass is 16.2. The summed E-state index contributed by atoms with van der Waals surface area (Å²) in [6.07, 6.45) is 12.3. The van der Waals surface area contributed by atoms with Crippen LogP contribution in [0.4, 0.5) is 0 Å². The van der Waals surface area contributed by atoms with Crippen LogP contribution in [0, 0.1) is 5.92 Å². The summed E-state index contributed by atoms with van der Waals surface area (Å²) in [6.45, 7) is 5.50. The third kappa shape index (κ3) is 6.61. The van der Waals surface area contributed by atoms with Crippen LogP contribution in [-0.4, -0.2) is 53.3 Å². The highest BCUT2D eigenvalue weighted by Crippen LogP contribution is 2.27. The fourth-order valence-electron chi connectivity index (χ4n) is 4.64. The minimum atomic E-state index is -0.339. The van der Waals surface area contributed by atoms with Crippen LogP contribution in [-0.2, 0) is 9.59 Å². The van der Waals surface area contributed by atoms with E-state index in [2.05, 4.69) is 18.7 Å². The van der Waals surface area contributed by atoms with E-state index in [-0.39, 0.29) is 24.4 Å². The highest BCUT2D eigenvalue weighted by molar-refractivity contribution is 5.81. The zero-order valence-electron chi connectivity index (χ0n) is 16.2. The molecule has 2 saturated carbocycles. The minimum absolute atomic E-state index is 0.159. The van der Waals surface area contributed by atoms with Gasteiger partial charge in [0.15, 0.2) is 0 Å². The minimum Gasteiger partial charge on any atom is -0.369 e. The summed E-state index contributed by atoms with van der Waals surface area (Å²) in [5, 5.41) is 0. The molecule has 0 aromatic heterocycles. The van der Waals surface area contributed by atoms with Crippen LogP contribution in [0.1, 0.15) is 78.1 Å². The topological polar surface area (TPSA) is 66.6 Å². The number of nitrogens with two attached hydrogens (primary N) is 1. The average Bonchev–Trinajstić information content (AvgIpc) is 3.06. The molecule has 144 valence electrons. The molecule has 0 unspecified atom stereocenters. The molecule has 2 fully saturated rings. The molecular formula is C20H37N3O2. The second kappa shape index (κ2) is 10.1. The summed E-state index contributed by atoms with van der Waals surface area (Å²) >= 11 is 0. The summed E-state index contributed by atoms with van der Waals surface area (Å²) in [6, 6.07) is 0.589. The third-order valence-electron chi connectivity index (χ3n) is 5.88. The van der Waals surface area contributed by atoms with Gasteiger partial charge in [-0.25, -0.2) is 0 Å². The van der Waals surface area contributed by atoms with Gasteiger partial charge in [-0.3, -0.25) is 14.5 Å². The van der Waals surface area contributed by atoms with Crippen LogP contribution >= 0.6 is 0 Å². The Morgan fingerprint density at radius 2 is 1.56 bits per heavy atom. The number of rotatable bonds is 9. The first kappa shape index (κ1) is 20.2. The highest BCUT2D eigenvalue weighted by Gasteiger charge is 2.30. The van der Waals surface area contributed by atoms with Crippen LogP contribution in [0.3, 0.4) is 0 Å². The molecular weight excluding hydrogens is 314 g/mol. The molecule has 5 heteroatoms. The Morgan fingerprint density at radius 3 is 2.12 bits per heavy atom. The molecule has 0 aliphatic heterocycles. The predicted octanol–water partition coefficient (Wildman–Crippen LogP) is 2.92. The molecule has 0 aromatic carbocycles. The van der Waals surface area contributed by atoms with E-state index in [1.165, 1.54) is 44.9 Å². The van der Waals surface area contributed by atoms with Crippen molar-refractivity contribution in [2.75, 3.05) is 19.6 Å². The number of nitrogens with zero attached hydrogens (tertiary/aromatic N) is 2. The largest absolute Gasteiger partial charge is 0.369 e. The molecule has 2 aliphatic carbocycles. The van der Waals surface area contributed by atoms with Gasteiger partial charge in [-0.05, 0) is 45.6 Å². The summed E-state index contributed by atoms with van der Waals surface area (Å²) in [4.78, 5) is 28.4. The second-order valence-electron chi connectivity index (χ2n) is 8.30. The fraction of sp³-hybridized carbons (Fsp3) is 0.900. The maximum absolute atomic E-state index is 12.9. The Labute approximate surface area is 153 Å². The van der Waals surface area contributed by atoms with Crippen LogP contribution < -0.4 is 5.73 Å². The molecule has 0 atom stereocenters. The molecule has 0 heterocycles. The Hall–Kier alpha value is -1.10. The van der Waals surface area contributed by atoms with Gasteiger partial charge in [0, 0.05) is 12.1 Å². The van der Waals surface area contributed by atoms with E-state index in [0.29, 0.717) is 12.6 Å². The summed E-state index contributed by atoms with van der Waals surface area (Å²) in [7, 11) is 0.